The fraction of sp³-hybridized carbons (Fsp3) is 0.615. The molecule has 0 spiro atoms. The lowest BCUT2D eigenvalue weighted by atomic mass is 10.2. The number of hydrogen-bond acceptors (Lipinski definition) is 3. The van der Waals surface area contributed by atoms with E-state index in [1.54, 1.807) is 0 Å². The molecule has 2 heterocycles. The zero-order valence-electron chi connectivity index (χ0n) is 10.9. The van der Waals surface area contributed by atoms with Gasteiger partial charge in [0.1, 0.15) is 0 Å². The van der Waals surface area contributed by atoms with Gasteiger partial charge < -0.3 is 10.1 Å². The average Bonchev–Trinajstić information content (AvgIpc) is 2.67. The summed E-state index contributed by atoms with van der Waals surface area (Å²) in [6.07, 6.45) is 6.50. The van der Waals surface area contributed by atoms with Crippen molar-refractivity contribution >= 4 is 15.9 Å². The first kappa shape index (κ1) is 13.8. The van der Waals surface area contributed by atoms with Crippen LogP contribution < -0.4 is 5.32 Å². The molecule has 18 heavy (non-hydrogen) atoms. The average molecular weight is 314 g/mol. The number of nitrogens with one attached hydrogen (secondary N) is 1. The molecule has 0 saturated heterocycles. The lowest BCUT2D eigenvalue weighted by Crippen LogP contribution is -2.30. The van der Waals surface area contributed by atoms with E-state index in [0.29, 0.717) is 6.10 Å². The Kier molecular flexibility index (Phi) is 4.97. The van der Waals surface area contributed by atoms with Gasteiger partial charge in [-0.3, -0.25) is 4.68 Å². The normalized spacial score (nSPS) is 19.4. The van der Waals surface area contributed by atoms with E-state index >= 15 is 0 Å². The van der Waals surface area contributed by atoms with Crippen LogP contribution in [0.15, 0.2) is 16.6 Å². The largest absolute Gasteiger partial charge is 0.373 e. The number of aryl methyl sites for hydroxylation is 2. The Labute approximate surface area is 117 Å². The van der Waals surface area contributed by atoms with Crippen LogP contribution in [0.1, 0.15) is 24.7 Å². The predicted octanol–water partition coefficient (Wildman–Crippen LogP) is 2.18. The lowest BCUT2D eigenvalue weighted by Gasteiger charge is -2.19. The smallest absolute Gasteiger partial charge is 0.0767 e. The van der Waals surface area contributed by atoms with Crippen LogP contribution in [0.4, 0.5) is 0 Å². The van der Waals surface area contributed by atoms with E-state index < -0.39 is 0 Å². The van der Waals surface area contributed by atoms with E-state index in [-0.39, 0.29) is 0 Å². The fourth-order valence-electron chi connectivity index (χ4n) is 2.08. The molecule has 0 aliphatic carbocycles. The van der Waals surface area contributed by atoms with Gasteiger partial charge in [-0.15, -0.1) is 0 Å². The van der Waals surface area contributed by atoms with Gasteiger partial charge in [-0.05, 0) is 28.8 Å². The number of halogens is 1. The third-order valence-electron chi connectivity index (χ3n) is 3.16. The molecule has 0 radical (unpaired) electrons. The van der Waals surface area contributed by atoms with E-state index in [2.05, 4.69) is 45.4 Å². The second-order valence-corrected chi connectivity index (χ2v) is 5.27. The number of aromatic nitrogens is 2. The highest BCUT2D eigenvalue weighted by Gasteiger charge is 2.13. The second kappa shape index (κ2) is 6.50. The van der Waals surface area contributed by atoms with Crippen LogP contribution in [0.3, 0.4) is 0 Å². The van der Waals surface area contributed by atoms with Crippen LogP contribution in [0.2, 0.25) is 0 Å². The summed E-state index contributed by atoms with van der Waals surface area (Å²) in [5, 5.41) is 7.92. The molecule has 1 aromatic rings. The van der Waals surface area contributed by atoms with Crippen LogP contribution in [-0.4, -0.2) is 29.0 Å². The maximum Gasteiger partial charge on any atom is 0.0767 e. The number of rotatable bonds is 5. The quantitative estimate of drug-likeness (QED) is 0.847. The molecule has 1 unspecified atom stereocenters. The Morgan fingerprint density at radius 3 is 3.00 bits per heavy atom. The van der Waals surface area contributed by atoms with Gasteiger partial charge in [0.2, 0.25) is 0 Å². The molecule has 100 valence electrons. The summed E-state index contributed by atoms with van der Waals surface area (Å²) in [5.74, 6) is 0. The minimum Gasteiger partial charge on any atom is -0.373 e. The molecule has 1 aliphatic heterocycles. The van der Waals surface area contributed by atoms with Gasteiger partial charge in [0.15, 0.2) is 0 Å². The highest BCUT2D eigenvalue weighted by Crippen LogP contribution is 2.21. The van der Waals surface area contributed by atoms with Crippen molar-refractivity contribution in [2.24, 2.45) is 7.05 Å². The molecule has 1 N–H and O–H groups in total. The molecule has 5 heteroatoms. The van der Waals surface area contributed by atoms with Crippen molar-refractivity contribution in [2.75, 3.05) is 13.2 Å². The molecule has 0 amide bonds. The van der Waals surface area contributed by atoms with E-state index in [9.17, 15) is 0 Å². The van der Waals surface area contributed by atoms with Crippen molar-refractivity contribution in [3.8, 4) is 0 Å². The zero-order valence-corrected chi connectivity index (χ0v) is 12.5. The minimum atomic E-state index is 0.299. The summed E-state index contributed by atoms with van der Waals surface area (Å²) < 4.78 is 8.69. The summed E-state index contributed by atoms with van der Waals surface area (Å²) in [7, 11) is 1.99. The first-order chi connectivity index (χ1) is 8.72. The van der Waals surface area contributed by atoms with Crippen molar-refractivity contribution < 1.29 is 4.74 Å². The summed E-state index contributed by atoms with van der Waals surface area (Å²) in [6, 6.07) is 0. The van der Waals surface area contributed by atoms with Crippen LogP contribution in [0.25, 0.3) is 0 Å². The monoisotopic (exact) mass is 313 g/mol. The topological polar surface area (TPSA) is 39.1 Å². The van der Waals surface area contributed by atoms with Gasteiger partial charge in [0, 0.05) is 20.1 Å². The second-order valence-electron chi connectivity index (χ2n) is 4.48. The Morgan fingerprint density at radius 1 is 1.56 bits per heavy atom. The number of hydrogen-bond donors (Lipinski definition) is 1. The fourth-order valence-corrected chi connectivity index (χ4v) is 2.84. The van der Waals surface area contributed by atoms with Crippen LogP contribution in [-0.2, 0) is 24.8 Å². The molecule has 1 aromatic heterocycles. The minimum absolute atomic E-state index is 0.299. The maximum absolute atomic E-state index is 5.62. The summed E-state index contributed by atoms with van der Waals surface area (Å²) in [5.41, 5.74) is 2.31. The molecular formula is C13H20BrN3O. The number of ether oxygens (including phenoxy) is 1. The lowest BCUT2D eigenvalue weighted by molar-refractivity contribution is 0.0675. The van der Waals surface area contributed by atoms with E-state index in [0.717, 1.165) is 42.7 Å². The molecule has 0 aromatic carbocycles. The zero-order chi connectivity index (χ0) is 13.0. The molecule has 2 rings (SSSR count). The van der Waals surface area contributed by atoms with Gasteiger partial charge >= 0.3 is 0 Å². The molecular weight excluding hydrogens is 294 g/mol. The van der Waals surface area contributed by atoms with Crippen molar-refractivity contribution in [2.45, 2.75) is 32.4 Å². The Hall–Kier alpha value is -0.650. The standard InChI is InChI=1S/C13H20BrN3O/c1-3-11-13(14)12(17(2)16-11)9-15-8-10-6-4-5-7-18-10/h4-5,10,15H,3,6-9H2,1-2H3. The third kappa shape index (κ3) is 3.22. The molecule has 0 saturated carbocycles. The van der Waals surface area contributed by atoms with Crippen molar-refractivity contribution in [1.82, 2.24) is 15.1 Å². The van der Waals surface area contributed by atoms with Crippen molar-refractivity contribution in [1.29, 1.82) is 0 Å². The van der Waals surface area contributed by atoms with E-state index in [1.165, 1.54) is 5.69 Å². The highest BCUT2D eigenvalue weighted by atomic mass is 79.9. The Bertz CT molecular complexity index is 428. The predicted molar refractivity (Wildman–Crippen MR) is 75.5 cm³/mol. The van der Waals surface area contributed by atoms with Crippen LogP contribution >= 0.6 is 15.9 Å². The molecule has 1 atom stereocenters. The van der Waals surface area contributed by atoms with Gasteiger partial charge in [-0.25, -0.2) is 0 Å². The van der Waals surface area contributed by atoms with Crippen LogP contribution in [0, 0.1) is 0 Å². The van der Waals surface area contributed by atoms with Gasteiger partial charge in [-0.2, -0.15) is 5.10 Å². The van der Waals surface area contributed by atoms with Gasteiger partial charge in [0.05, 0.1) is 28.6 Å². The van der Waals surface area contributed by atoms with Gasteiger partial charge in [0.25, 0.3) is 0 Å². The first-order valence-corrected chi connectivity index (χ1v) is 7.19. The SMILES string of the molecule is CCc1nn(C)c(CNCC2CC=CCO2)c1Br. The molecule has 4 nitrogen and oxygen atoms in total. The highest BCUT2D eigenvalue weighted by molar-refractivity contribution is 9.10. The molecule has 0 bridgehead atoms. The first-order valence-electron chi connectivity index (χ1n) is 6.40. The maximum atomic E-state index is 5.62. The van der Waals surface area contributed by atoms with Crippen molar-refractivity contribution in [3.05, 3.63) is 28.0 Å². The molecule has 1 aliphatic rings. The third-order valence-corrected chi connectivity index (χ3v) is 4.08. The Balaban J connectivity index is 1.86. The van der Waals surface area contributed by atoms with Crippen LogP contribution in [0.5, 0.6) is 0 Å². The molecule has 0 fully saturated rings. The number of nitrogens with zero attached hydrogens (tertiary/aromatic N) is 2. The van der Waals surface area contributed by atoms with E-state index in [1.807, 2.05) is 11.7 Å². The summed E-state index contributed by atoms with van der Waals surface area (Å²) in [4.78, 5) is 0. The summed E-state index contributed by atoms with van der Waals surface area (Å²) >= 11 is 3.62. The Morgan fingerprint density at radius 2 is 2.39 bits per heavy atom. The summed E-state index contributed by atoms with van der Waals surface area (Å²) in [6.45, 7) is 4.55. The van der Waals surface area contributed by atoms with Gasteiger partial charge in [-0.1, -0.05) is 19.1 Å². The van der Waals surface area contributed by atoms with Crippen molar-refractivity contribution in [3.63, 3.8) is 0 Å². The van der Waals surface area contributed by atoms with E-state index in [4.69, 9.17) is 4.74 Å².